The number of ether oxygens (including phenoxy) is 2. The molecular formula is C23H20BrNO4. The van der Waals surface area contributed by atoms with Crippen LogP contribution >= 0.6 is 15.9 Å². The molecule has 2 unspecified atom stereocenters. The summed E-state index contributed by atoms with van der Waals surface area (Å²) in [5.74, 6) is -0.727. The number of hydrogen-bond donors (Lipinski definition) is 1. The van der Waals surface area contributed by atoms with E-state index in [2.05, 4.69) is 15.9 Å². The zero-order valence-corrected chi connectivity index (χ0v) is 17.4. The number of allylic oxidation sites excluding steroid dienone is 2. The van der Waals surface area contributed by atoms with E-state index in [-0.39, 0.29) is 23.2 Å². The fourth-order valence-electron chi connectivity index (χ4n) is 4.10. The summed E-state index contributed by atoms with van der Waals surface area (Å²) in [6, 6.07) is 17.4. The minimum absolute atomic E-state index is 0.0120. The number of benzene rings is 2. The molecule has 1 aliphatic carbocycles. The van der Waals surface area contributed by atoms with Crippen LogP contribution in [-0.2, 0) is 19.1 Å². The maximum atomic E-state index is 13.3. The number of methoxy groups -OCH3 is 1. The van der Waals surface area contributed by atoms with E-state index < -0.39 is 11.9 Å². The average molecular weight is 454 g/mol. The predicted molar refractivity (Wildman–Crippen MR) is 112 cm³/mol. The Morgan fingerprint density at radius 1 is 1.10 bits per heavy atom. The number of carbonyl (C=O) groups is 2. The number of ketones is 1. The lowest BCUT2D eigenvalue weighted by atomic mass is 9.73. The number of hydrogen-bond acceptors (Lipinski definition) is 5. The molecule has 0 fully saturated rings. The molecule has 0 saturated heterocycles. The largest absolute Gasteiger partial charge is 0.465 e. The van der Waals surface area contributed by atoms with Crippen molar-refractivity contribution in [2.75, 3.05) is 7.11 Å². The Bertz CT molecular complexity index is 1040. The predicted octanol–water partition coefficient (Wildman–Crippen LogP) is 4.31. The van der Waals surface area contributed by atoms with Crippen molar-refractivity contribution in [1.82, 2.24) is 0 Å². The molecule has 0 bridgehead atoms. The van der Waals surface area contributed by atoms with E-state index in [9.17, 15) is 9.59 Å². The minimum Gasteiger partial charge on any atom is -0.465 e. The summed E-state index contributed by atoms with van der Waals surface area (Å²) in [5, 5.41) is 0. The molecule has 2 N–H and O–H groups in total. The topological polar surface area (TPSA) is 78.6 Å². The maximum absolute atomic E-state index is 13.3. The molecule has 2 atom stereocenters. The van der Waals surface area contributed by atoms with Crippen LogP contribution in [0.4, 0.5) is 0 Å². The van der Waals surface area contributed by atoms with Crippen molar-refractivity contribution in [3.8, 4) is 0 Å². The van der Waals surface area contributed by atoms with Gasteiger partial charge in [0.15, 0.2) is 5.78 Å². The Morgan fingerprint density at radius 3 is 2.52 bits per heavy atom. The number of halogens is 1. The first-order valence-electron chi connectivity index (χ1n) is 9.32. The molecular weight excluding hydrogens is 434 g/mol. The van der Waals surface area contributed by atoms with Crippen LogP contribution in [0.15, 0.2) is 81.9 Å². The summed E-state index contributed by atoms with van der Waals surface area (Å²) in [7, 11) is 1.29. The van der Waals surface area contributed by atoms with Gasteiger partial charge in [0.1, 0.15) is 11.3 Å². The third-order valence-electron chi connectivity index (χ3n) is 5.40. The zero-order chi connectivity index (χ0) is 20.5. The van der Waals surface area contributed by atoms with E-state index in [4.69, 9.17) is 15.2 Å². The van der Waals surface area contributed by atoms with Crippen LogP contribution in [0.1, 0.15) is 35.8 Å². The fraction of sp³-hybridized carbons (Fsp3) is 0.217. The Kier molecular flexibility index (Phi) is 5.28. The molecule has 0 spiro atoms. The molecule has 2 aromatic carbocycles. The number of nitrogens with two attached hydrogens (primary N) is 1. The third-order valence-corrected chi connectivity index (χ3v) is 5.89. The molecule has 1 aliphatic heterocycles. The SMILES string of the molecule is COC(=O)C1=C(N)OC2=C(C(=O)CC(c3ccccc3)C2)C1c1cccc(Br)c1. The van der Waals surface area contributed by atoms with Gasteiger partial charge in [-0.2, -0.15) is 0 Å². The van der Waals surface area contributed by atoms with Crippen molar-refractivity contribution in [2.24, 2.45) is 5.73 Å². The second-order valence-electron chi connectivity index (χ2n) is 7.14. The van der Waals surface area contributed by atoms with Gasteiger partial charge in [0.05, 0.1) is 13.0 Å². The summed E-state index contributed by atoms with van der Waals surface area (Å²) in [5.41, 5.74) is 8.67. The number of rotatable bonds is 3. The number of Topliss-reactive ketones (excluding diaryl/α,β-unsaturated/α-hetero) is 1. The molecule has 0 radical (unpaired) electrons. The Hall–Kier alpha value is -2.86. The third kappa shape index (κ3) is 3.60. The van der Waals surface area contributed by atoms with Gasteiger partial charge in [-0.15, -0.1) is 0 Å². The molecule has 29 heavy (non-hydrogen) atoms. The first kappa shape index (κ1) is 19.5. The molecule has 4 rings (SSSR count). The van der Waals surface area contributed by atoms with Crippen molar-refractivity contribution >= 4 is 27.7 Å². The molecule has 5 nitrogen and oxygen atoms in total. The normalized spacial score (nSPS) is 21.5. The lowest BCUT2D eigenvalue weighted by Crippen LogP contribution is -2.32. The summed E-state index contributed by atoms with van der Waals surface area (Å²) in [6.07, 6.45) is 0.899. The maximum Gasteiger partial charge on any atom is 0.340 e. The van der Waals surface area contributed by atoms with Crippen LogP contribution in [0.3, 0.4) is 0 Å². The van der Waals surface area contributed by atoms with Crippen LogP contribution in [0.25, 0.3) is 0 Å². The van der Waals surface area contributed by atoms with Crippen LogP contribution in [-0.4, -0.2) is 18.9 Å². The molecule has 1 heterocycles. The number of esters is 1. The Morgan fingerprint density at radius 2 is 1.83 bits per heavy atom. The molecule has 6 heteroatoms. The first-order valence-corrected chi connectivity index (χ1v) is 10.1. The van der Waals surface area contributed by atoms with E-state index >= 15 is 0 Å². The first-order chi connectivity index (χ1) is 14.0. The highest BCUT2D eigenvalue weighted by Gasteiger charge is 2.43. The highest BCUT2D eigenvalue weighted by molar-refractivity contribution is 9.10. The standard InChI is InChI=1S/C23H20BrNO4/c1-28-23(27)21-19(14-8-5-9-16(24)10-14)20-17(26)11-15(12-18(20)29-22(21)25)13-6-3-2-4-7-13/h2-10,15,19H,11-12,25H2,1H3. The highest BCUT2D eigenvalue weighted by Crippen LogP contribution is 2.47. The average Bonchev–Trinajstić information content (AvgIpc) is 2.72. The van der Waals surface area contributed by atoms with Crippen LogP contribution < -0.4 is 5.73 Å². The van der Waals surface area contributed by atoms with Gasteiger partial charge in [0, 0.05) is 22.9 Å². The van der Waals surface area contributed by atoms with Gasteiger partial charge in [-0.25, -0.2) is 4.79 Å². The summed E-state index contributed by atoms with van der Waals surface area (Å²) >= 11 is 3.47. The molecule has 0 amide bonds. The van der Waals surface area contributed by atoms with E-state index in [0.29, 0.717) is 24.2 Å². The van der Waals surface area contributed by atoms with Crippen molar-refractivity contribution in [3.05, 3.63) is 93.0 Å². The summed E-state index contributed by atoms with van der Waals surface area (Å²) in [4.78, 5) is 25.8. The van der Waals surface area contributed by atoms with E-state index in [0.717, 1.165) is 15.6 Å². The van der Waals surface area contributed by atoms with Crippen LogP contribution in [0, 0.1) is 0 Å². The Balaban J connectivity index is 1.82. The van der Waals surface area contributed by atoms with E-state index in [1.807, 2.05) is 54.6 Å². The van der Waals surface area contributed by atoms with Gasteiger partial charge < -0.3 is 15.2 Å². The minimum atomic E-state index is -0.618. The molecule has 2 aliphatic rings. The van der Waals surface area contributed by atoms with Gasteiger partial charge in [-0.05, 0) is 29.2 Å². The van der Waals surface area contributed by atoms with Crippen molar-refractivity contribution in [3.63, 3.8) is 0 Å². The lowest BCUT2D eigenvalue weighted by Gasteiger charge is -2.35. The van der Waals surface area contributed by atoms with Gasteiger partial charge in [-0.1, -0.05) is 58.4 Å². The van der Waals surface area contributed by atoms with Crippen molar-refractivity contribution < 1.29 is 19.1 Å². The van der Waals surface area contributed by atoms with E-state index in [1.165, 1.54) is 7.11 Å². The quantitative estimate of drug-likeness (QED) is 0.700. The number of carbonyl (C=O) groups excluding carboxylic acids is 2. The van der Waals surface area contributed by atoms with Crippen molar-refractivity contribution in [1.29, 1.82) is 0 Å². The highest BCUT2D eigenvalue weighted by atomic mass is 79.9. The molecule has 2 aromatic rings. The van der Waals surface area contributed by atoms with Crippen LogP contribution in [0.5, 0.6) is 0 Å². The zero-order valence-electron chi connectivity index (χ0n) is 15.9. The van der Waals surface area contributed by atoms with Gasteiger partial charge in [0.25, 0.3) is 0 Å². The van der Waals surface area contributed by atoms with Gasteiger partial charge >= 0.3 is 5.97 Å². The lowest BCUT2D eigenvalue weighted by molar-refractivity contribution is -0.136. The van der Waals surface area contributed by atoms with Gasteiger partial charge in [0.2, 0.25) is 5.88 Å². The monoisotopic (exact) mass is 453 g/mol. The molecule has 0 saturated carbocycles. The molecule has 148 valence electrons. The Labute approximate surface area is 177 Å². The summed E-state index contributed by atoms with van der Waals surface area (Å²) in [6.45, 7) is 0. The van der Waals surface area contributed by atoms with Crippen molar-refractivity contribution in [2.45, 2.75) is 24.7 Å². The van der Waals surface area contributed by atoms with Crippen LogP contribution in [0.2, 0.25) is 0 Å². The molecule has 0 aromatic heterocycles. The fourth-order valence-corrected chi connectivity index (χ4v) is 4.51. The second kappa shape index (κ2) is 7.87. The smallest absolute Gasteiger partial charge is 0.340 e. The van der Waals surface area contributed by atoms with Gasteiger partial charge in [-0.3, -0.25) is 4.79 Å². The van der Waals surface area contributed by atoms with E-state index in [1.54, 1.807) is 0 Å². The second-order valence-corrected chi connectivity index (χ2v) is 8.05. The summed E-state index contributed by atoms with van der Waals surface area (Å²) < 4.78 is 11.6.